The van der Waals surface area contributed by atoms with Gasteiger partial charge in [0.2, 0.25) is 0 Å². The topological polar surface area (TPSA) is 53.5 Å². The summed E-state index contributed by atoms with van der Waals surface area (Å²) in [5.74, 6) is 1.84. The number of nitrogens with zero attached hydrogens (tertiary/aromatic N) is 2. The van der Waals surface area contributed by atoms with Crippen LogP contribution in [-0.4, -0.2) is 39.1 Å². The molecule has 0 bridgehead atoms. The molecule has 0 saturated heterocycles. The van der Waals surface area contributed by atoms with Crippen molar-refractivity contribution in [1.82, 2.24) is 9.97 Å². The van der Waals surface area contributed by atoms with Gasteiger partial charge in [0.1, 0.15) is 11.5 Å². The van der Waals surface area contributed by atoms with Gasteiger partial charge in [-0.25, -0.2) is 0 Å². The van der Waals surface area contributed by atoms with Gasteiger partial charge in [-0.2, -0.15) is 0 Å². The zero-order valence-electron chi connectivity index (χ0n) is 23.7. The first-order chi connectivity index (χ1) is 17.1. The van der Waals surface area contributed by atoms with Crippen molar-refractivity contribution in [3.8, 4) is 11.5 Å². The van der Waals surface area contributed by atoms with Crippen molar-refractivity contribution in [3.05, 3.63) is 71.3 Å². The molecular weight excluding hydrogens is 464 g/mol. The third-order valence-corrected chi connectivity index (χ3v) is 11.6. The Kier molecular flexibility index (Phi) is 11.9. The second-order valence-corrected chi connectivity index (χ2v) is 15.5. The van der Waals surface area contributed by atoms with Gasteiger partial charge in [-0.15, -0.1) is 0 Å². The number of aryl methyl sites for hydroxylation is 2. The fourth-order valence-corrected chi connectivity index (χ4v) is 4.77. The Hall–Kier alpha value is -2.44. The van der Waals surface area contributed by atoms with Crippen LogP contribution in [0.4, 0.5) is 0 Å². The van der Waals surface area contributed by atoms with Gasteiger partial charge in [0.15, 0.2) is 8.32 Å². The predicted octanol–water partition coefficient (Wildman–Crippen LogP) is 7.43. The fraction of sp³-hybridized carbons (Fsp3) is 0.533. The van der Waals surface area contributed by atoms with Crippen LogP contribution in [-0.2, 0) is 23.7 Å². The molecule has 0 aliphatic heterocycles. The van der Waals surface area contributed by atoms with Crippen LogP contribution in [0.2, 0.25) is 18.1 Å². The summed E-state index contributed by atoms with van der Waals surface area (Å²) in [6, 6.07) is 3.89. The highest BCUT2D eigenvalue weighted by Gasteiger charge is 2.36. The summed E-state index contributed by atoms with van der Waals surface area (Å²) in [7, 11) is 1.75. The predicted molar refractivity (Wildman–Crippen MR) is 153 cm³/mol. The smallest absolute Gasteiger partial charge is 0.192 e. The van der Waals surface area contributed by atoms with E-state index < -0.39 is 8.32 Å². The van der Waals surface area contributed by atoms with Crippen molar-refractivity contribution in [3.63, 3.8) is 0 Å². The number of hydrogen-bond donors (Lipinski definition) is 0. The highest BCUT2D eigenvalue weighted by molar-refractivity contribution is 6.74. The molecule has 2 aromatic rings. The number of hydrogen-bond acceptors (Lipinski definition) is 5. The molecule has 0 spiro atoms. The van der Waals surface area contributed by atoms with E-state index in [4.69, 9.17) is 13.9 Å². The zero-order valence-corrected chi connectivity index (χ0v) is 24.7. The lowest BCUT2D eigenvalue weighted by molar-refractivity contribution is 0.327. The lowest BCUT2D eigenvalue weighted by atomic mass is 10.0. The van der Waals surface area contributed by atoms with Gasteiger partial charge in [-0.05, 0) is 75.7 Å². The maximum Gasteiger partial charge on any atom is 0.192 e. The lowest BCUT2D eigenvalue weighted by Gasteiger charge is -2.35. The maximum absolute atomic E-state index is 6.24. The number of pyridine rings is 2. The maximum atomic E-state index is 6.24. The zero-order chi connectivity index (χ0) is 26.6. The average Bonchev–Trinajstić information content (AvgIpc) is 2.83. The van der Waals surface area contributed by atoms with Gasteiger partial charge in [-0.1, -0.05) is 45.1 Å². The van der Waals surface area contributed by atoms with Gasteiger partial charge in [0, 0.05) is 34.9 Å². The Balaban J connectivity index is 1.87. The molecule has 2 heterocycles. The van der Waals surface area contributed by atoms with E-state index in [9.17, 15) is 0 Å². The van der Waals surface area contributed by atoms with E-state index in [-0.39, 0.29) is 5.04 Å². The van der Waals surface area contributed by atoms with Crippen LogP contribution < -0.4 is 9.47 Å². The first-order valence-electron chi connectivity index (χ1n) is 13.0. The molecule has 6 heteroatoms. The molecule has 0 atom stereocenters. The Labute approximate surface area is 220 Å². The molecule has 0 aliphatic carbocycles. The lowest BCUT2D eigenvalue weighted by Crippen LogP contribution is -2.40. The molecule has 0 radical (unpaired) electrons. The van der Waals surface area contributed by atoms with Crippen LogP contribution in [0.3, 0.4) is 0 Å². The molecule has 0 amide bonds. The third-order valence-electron chi connectivity index (χ3n) is 7.12. The Morgan fingerprint density at radius 1 is 0.778 bits per heavy atom. The van der Waals surface area contributed by atoms with Crippen LogP contribution >= 0.6 is 0 Å². The average molecular weight is 511 g/mol. The second-order valence-electron chi connectivity index (χ2n) is 10.6. The van der Waals surface area contributed by atoms with E-state index in [0.717, 1.165) is 61.4 Å². The number of allylic oxidation sites excluding steroid dienone is 3. The monoisotopic (exact) mass is 510 g/mol. The van der Waals surface area contributed by atoms with Crippen LogP contribution in [0.15, 0.2) is 48.8 Å². The summed E-state index contributed by atoms with van der Waals surface area (Å²) in [4.78, 5) is 9.07. The summed E-state index contributed by atoms with van der Waals surface area (Å²) < 4.78 is 17.4. The van der Waals surface area contributed by atoms with Crippen molar-refractivity contribution >= 4 is 8.32 Å². The number of methoxy groups -OCH3 is 2. The van der Waals surface area contributed by atoms with E-state index >= 15 is 0 Å². The fourth-order valence-electron chi connectivity index (χ4n) is 3.83. The van der Waals surface area contributed by atoms with Crippen molar-refractivity contribution in [2.75, 3.05) is 20.8 Å². The van der Waals surface area contributed by atoms with Gasteiger partial charge < -0.3 is 13.9 Å². The summed E-state index contributed by atoms with van der Waals surface area (Å²) in [6.45, 7) is 14.1. The molecule has 2 aromatic heterocycles. The van der Waals surface area contributed by atoms with Crippen molar-refractivity contribution < 1.29 is 13.9 Å². The van der Waals surface area contributed by atoms with E-state index in [2.05, 4.69) is 68.1 Å². The molecule has 36 heavy (non-hydrogen) atoms. The third kappa shape index (κ3) is 8.89. The van der Waals surface area contributed by atoms with Gasteiger partial charge in [0.05, 0.1) is 20.8 Å². The minimum Gasteiger partial charge on any atom is -0.496 e. The molecule has 198 valence electrons. The normalized spacial score (nSPS) is 12.6. The second kappa shape index (κ2) is 14.3. The van der Waals surface area contributed by atoms with Crippen molar-refractivity contribution in [2.45, 2.75) is 84.4 Å². The summed E-state index contributed by atoms with van der Waals surface area (Å²) in [6.07, 6.45) is 18.1. The molecular formula is C30H46N2O3Si. The van der Waals surface area contributed by atoms with E-state index in [0.29, 0.717) is 6.61 Å². The number of ether oxygens (including phenoxy) is 2. The van der Waals surface area contributed by atoms with Crippen LogP contribution in [0, 0.1) is 6.92 Å². The largest absolute Gasteiger partial charge is 0.496 e. The Morgan fingerprint density at radius 2 is 1.31 bits per heavy atom. The quantitative estimate of drug-likeness (QED) is 0.195. The van der Waals surface area contributed by atoms with Crippen LogP contribution in [0.5, 0.6) is 11.5 Å². The van der Waals surface area contributed by atoms with E-state index in [1.165, 1.54) is 11.1 Å². The minimum atomic E-state index is -1.70. The SMILES string of the molecule is COc1ccnc(C)c1CC/C=C/CCc1nccc(OC)c1CC/C=C/CO[Si](C)(C)C(C)(C)C. The molecule has 0 aromatic carbocycles. The van der Waals surface area contributed by atoms with E-state index in [1.54, 1.807) is 20.4 Å². The number of aromatic nitrogens is 2. The molecule has 0 N–H and O–H groups in total. The molecule has 0 unspecified atom stereocenters. The van der Waals surface area contributed by atoms with Gasteiger partial charge in [-0.3, -0.25) is 9.97 Å². The first kappa shape index (κ1) is 29.8. The summed E-state index contributed by atoms with van der Waals surface area (Å²) in [5.41, 5.74) is 4.55. The highest BCUT2D eigenvalue weighted by Crippen LogP contribution is 2.36. The Bertz CT molecular complexity index is 1010. The molecule has 2 rings (SSSR count). The first-order valence-corrected chi connectivity index (χ1v) is 15.9. The minimum absolute atomic E-state index is 0.234. The van der Waals surface area contributed by atoms with E-state index in [1.807, 2.05) is 25.3 Å². The summed E-state index contributed by atoms with van der Waals surface area (Å²) >= 11 is 0. The van der Waals surface area contributed by atoms with Gasteiger partial charge in [0.25, 0.3) is 0 Å². The standard InChI is InChI=1S/C30H46N2O3Si/c1-24-25(28(33-5)19-21-31-24)16-12-9-10-14-18-27-26(29(34-6)20-22-32-27)17-13-11-15-23-35-36(7,8)30(2,3)4/h9-11,15,19-22H,12-14,16-18,23H2,1-8H3/b10-9+,15-11+. The van der Waals surface area contributed by atoms with Crippen molar-refractivity contribution in [2.24, 2.45) is 0 Å². The molecule has 0 saturated carbocycles. The van der Waals surface area contributed by atoms with Crippen molar-refractivity contribution in [1.29, 1.82) is 0 Å². The van der Waals surface area contributed by atoms with Crippen LogP contribution in [0.25, 0.3) is 0 Å². The molecule has 0 fully saturated rings. The number of rotatable bonds is 14. The molecule has 0 aliphatic rings. The highest BCUT2D eigenvalue weighted by atomic mass is 28.4. The van der Waals surface area contributed by atoms with Gasteiger partial charge >= 0.3 is 0 Å². The summed E-state index contributed by atoms with van der Waals surface area (Å²) in [5, 5.41) is 0.234. The van der Waals surface area contributed by atoms with Crippen LogP contribution in [0.1, 0.15) is 62.5 Å². The Morgan fingerprint density at radius 3 is 1.92 bits per heavy atom. The molecule has 5 nitrogen and oxygen atoms in total.